The Hall–Kier alpha value is -0.330. The number of nitrogens with one attached hydrogen (secondary N) is 1. The second-order valence-electron chi connectivity index (χ2n) is 5.57. The van der Waals surface area contributed by atoms with E-state index in [2.05, 4.69) is 11.6 Å². The summed E-state index contributed by atoms with van der Waals surface area (Å²) < 4.78 is 27.9. The molecule has 7 heteroatoms. The van der Waals surface area contributed by atoms with Gasteiger partial charge >= 0.3 is 0 Å². The van der Waals surface area contributed by atoms with Crippen LogP contribution in [-0.4, -0.2) is 20.5 Å². The minimum absolute atomic E-state index is 0. The van der Waals surface area contributed by atoms with E-state index in [1.54, 1.807) is 12.1 Å². The van der Waals surface area contributed by atoms with Crippen LogP contribution in [0.2, 0.25) is 5.02 Å². The zero-order chi connectivity index (χ0) is 14.8. The zero-order valence-corrected chi connectivity index (χ0v) is 14.4. The van der Waals surface area contributed by atoms with Crippen LogP contribution < -0.4 is 10.5 Å². The van der Waals surface area contributed by atoms with Gasteiger partial charge in [0.1, 0.15) is 0 Å². The van der Waals surface area contributed by atoms with Crippen LogP contribution in [0.4, 0.5) is 0 Å². The van der Waals surface area contributed by atoms with Crippen molar-refractivity contribution >= 4 is 34.0 Å². The first-order valence-corrected chi connectivity index (χ1v) is 8.75. The summed E-state index contributed by atoms with van der Waals surface area (Å²) in [5.41, 5.74) is 5.36. The van der Waals surface area contributed by atoms with Crippen molar-refractivity contribution in [3.63, 3.8) is 0 Å². The van der Waals surface area contributed by atoms with Gasteiger partial charge < -0.3 is 5.73 Å². The first-order chi connectivity index (χ1) is 9.39. The molecule has 3 N–H and O–H groups in total. The van der Waals surface area contributed by atoms with Crippen LogP contribution in [0.3, 0.4) is 0 Å². The predicted octanol–water partition coefficient (Wildman–Crippen LogP) is 2.95. The third-order valence-corrected chi connectivity index (χ3v) is 6.10. The second-order valence-corrected chi connectivity index (χ2v) is 7.69. The Bertz CT molecular complexity index is 563. The first kappa shape index (κ1) is 18.7. The summed E-state index contributed by atoms with van der Waals surface area (Å²) in [7, 11) is -3.57. The van der Waals surface area contributed by atoms with Gasteiger partial charge in [-0.2, -0.15) is 0 Å². The van der Waals surface area contributed by atoms with Gasteiger partial charge in [-0.25, -0.2) is 13.1 Å². The van der Waals surface area contributed by atoms with Crippen molar-refractivity contribution in [2.45, 2.75) is 43.0 Å². The fraction of sp³-hybridized carbons (Fsp3) is 0.571. The van der Waals surface area contributed by atoms with Crippen LogP contribution in [-0.2, 0) is 10.0 Å². The smallest absolute Gasteiger partial charge is 0.241 e. The summed E-state index contributed by atoms with van der Waals surface area (Å²) in [6.07, 6.45) is 3.92. The molecule has 4 nitrogen and oxygen atoms in total. The topological polar surface area (TPSA) is 72.2 Å². The van der Waals surface area contributed by atoms with Crippen molar-refractivity contribution in [2.24, 2.45) is 11.7 Å². The Balaban J connectivity index is 0.00000220. The maximum Gasteiger partial charge on any atom is 0.241 e. The molecule has 2 rings (SSSR count). The Morgan fingerprint density at radius 2 is 1.95 bits per heavy atom. The summed E-state index contributed by atoms with van der Waals surface area (Å²) in [6, 6.07) is 6.19. The van der Waals surface area contributed by atoms with Crippen molar-refractivity contribution in [1.82, 2.24) is 4.72 Å². The van der Waals surface area contributed by atoms with Gasteiger partial charge in [0.15, 0.2) is 0 Å². The van der Waals surface area contributed by atoms with Crippen molar-refractivity contribution in [3.8, 4) is 0 Å². The van der Waals surface area contributed by atoms with E-state index in [4.69, 9.17) is 17.3 Å². The van der Waals surface area contributed by atoms with Crippen molar-refractivity contribution in [1.29, 1.82) is 0 Å². The van der Waals surface area contributed by atoms with Gasteiger partial charge in [0.2, 0.25) is 10.0 Å². The summed E-state index contributed by atoms with van der Waals surface area (Å²) in [4.78, 5) is 0.229. The molecule has 0 aromatic heterocycles. The van der Waals surface area contributed by atoms with Gasteiger partial charge in [0, 0.05) is 17.1 Å². The highest BCUT2D eigenvalue weighted by atomic mass is 35.5. The number of hydrogen-bond acceptors (Lipinski definition) is 3. The molecule has 0 spiro atoms. The summed E-state index contributed by atoms with van der Waals surface area (Å²) >= 11 is 5.80. The molecule has 1 aliphatic rings. The molecule has 0 heterocycles. The molecule has 21 heavy (non-hydrogen) atoms. The SMILES string of the molecule is CC1CCCCC1(CN)NS(=O)(=O)c1ccc(Cl)cc1.Cl. The number of halogens is 2. The number of benzene rings is 1. The van der Waals surface area contributed by atoms with Crippen molar-refractivity contribution in [3.05, 3.63) is 29.3 Å². The van der Waals surface area contributed by atoms with Crippen LogP contribution in [0, 0.1) is 5.92 Å². The number of sulfonamides is 1. The molecule has 2 unspecified atom stereocenters. The minimum atomic E-state index is -3.57. The van der Waals surface area contributed by atoms with Crippen LogP contribution in [0.15, 0.2) is 29.2 Å². The maximum absolute atomic E-state index is 12.5. The fourth-order valence-electron chi connectivity index (χ4n) is 2.85. The Morgan fingerprint density at radius 1 is 1.33 bits per heavy atom. The quantitative estimate of drug-likeness (QED) is 0.874. The van der Waals surface area contributed by atoms with E-state index < -0.39 is 15.6 Å². The molecule has 0 radical (unpaired) electrons. The number of rotatable bonds is 4. The molecule has 1 fully saturated rings. The van der Waals surface area contributed by atoms with Gasteiger partial charge in [-0.15, -0.1) is 12.4 Å². The lowest BCUT2D eigenvalue weighted by Crippen LogP contribution is -2.58. The molecule has 0 bridgehead atoms. The summed E-state index contributed by atoms with van der Waals surface area (Å²) in [5.74, 6) is 0.239. The minimum Gasteiger partial charge on any atom is -0.329 e. The first-order valence-electron chi connectivity index (χ1n) is 6.89. The van der Waals surface area contributed by atoms with E-state index in [1.165, 1.54) is 12.1 Å². The molecule has 0 saturated heterocycles. The lowest BCUT2D eigenvalue weighted by Gasteiger charge is -2.42. The standard InChI is InChI=1S/C14H21ClN2O2S.ClH/c1-11-4-2-3-9-14(11,10-16)17-20(18,19)13-7-5-12(15)6-8-13;/h5-8,11,17H,2-4,9-10,16H2,1H3;1H. The molecular formula is C14H22Cl2N2O2S. The highest BCUT2D eigenvalue weighted by Crippen LogP contribution is 2.34. The van der Waals surface area contributed by atoms with Crippen molar-refractivity contribution < 1.29 is 8.42 Å². The Labute approximate surface area is 137 Å². The average molecular weight is 353 g/mol. The van der Waals surface area contributed by atoms with Crippen LogP contribution in [0.25, 0.3) is 0 Å². The fourth-order valence-corrected chi connectivity index (χ4v) is 4.51. The molecule has 1 aromatic rings. The van der Waals surface area contributed by atoms with Crippen LogP contribution >= 0.6 is 24.0 Å². The zero-order valence-electron chi connectivity index (χ0n) is 12.0. The monoisotopic (exact) mass is 352 g/mol. The molecule has 1 aromatic carbocycles. The molecule has 0 amide bonds. The van der Waals surface area contributed by atoms with Gasteiger partial charge in [0.05, 0.1) is 4.90 Å². The maximum atomic E-state index is 12.5. The highest BCUT2D eigenvalue weighted by molar-refractivity contribution is 7.89. The molecule has 120 valence electrons. The lowest BCUT2D eigenvalue weighted by molar-refractivity contribution is 0.191. The molecule has 1 aliphatic carbocycles. The van der Waals surface area contributed by atoms with E-state index in [0.717, 1.165) is 25.7 Å². The molecule has 0 aliphatic heterocycles. The molecule has 1 saturated carbocycles. The lowest BCUT2D eigenvalue weighted by atomic mass is 9.74. The van der Waals surface area contributed by atoms with E-state index in [1.807, 2.05) is 0 Å². The number of hydrogen-bond donors (Lipinski definition) is 2. The van der Waals surface area contributed by atoms with Gasteiger partial charge in [-0.3, -0.25) is 0 Å². The van der Waals surface area contributed by atoms with Gasteiger partial charge in [0.25, 0.3) is 0 Å². The Morgan fingerprint density at radius 3 is 2.48 bits per heavy atom. The second kappa shape index (κ2) is 7.29. The average Bonchev–Trinajstić information content (AvgIpc) is 2.42. The molecular weight excluding hydrogens is 331 g/mol. The largest absolute Gasteiger partial charge is 0.329 e. The van der Waals surface area contributed by atoms with E-state index in [-0.39, 0.29) is 23.2 Å². The Kier molecular flexibility index (Phi) is 6.50. The summed E-state index contributed by atoms with van der Waals surface area (Å²) in [6.45, 7) is 2.39. The third-order valence-electron chi connectivity index (χ3n) is 4.28. The predicted molar refractivity (Wildman–Crippen MR) is 88.4 cm³/mol. The normalized spacial score (nSPS) is 26.1. The molecule has 2 atom stereocenters. The van der Waals surface area contributed by atoms with Crippen molar-refractivity contribution in [2.75, 3.05) is 6.54 Å². The highest BCUT2D eigenvalue weighted by Gasteiger charge is 2.40. The third kappa shape index (κ3) is 4.11. The van der Waals surface area contributed by atoms with Gasteiger partial charge in [-0.05, 0) is 43.0 Å². The summed E-state index contributed by atoms with van der Waals surface area (Å²) in [5, 5.41) is 0.517. The number of nitrogens with two attached hydrogens (primary N) is 1. The van der Waals surface area contributed by atoms with E-state index >= 15 is 0 Å². The van der Waals surface area contributed by atoms with E-state index in [9.17, 15) is 8.42 Å². The van der Waals surface area contributed by atoms with E-state index in [0.29, 0.717) is 11.6 Å². The van der Waals surface area contributed by atoms with Crippen LogP contribution in [0.5, 0.6) is 0 Å². The van der Waals surface area contributed by atoms with Crippen LogP contribution in [0.1, 0.15) is 32.6 Å². The van der Waals surface area contributed by atoms with Gasteiger partial charge in [-0.1, -0.05) is 31.4 Å².